The number of ether oxygens (including phenoxy) is 3. The molecule has 5 rings (SSSR count). The van der Waals surface area contributed by atoms with E-state index in [1.807, 2.05) is 20.0 Å². The summed E-state index contributed by atoms with van der Waals surface area (Å²) in [4.78, 5) is 15.4. The van der Waals surface area contributed by atoms with Gasteiger partial charge in [0.05, 0.1) is 19.3 Å². The Hall–Kier alpha value is -2.99. The van der Waals surface area contributed by atoms with Gasteiger partial charge in [0.15, 0.2) is 6.23 Å². The van der Waals surface area contributed by atoms with Crippen molar-refractivity contribution in [1.82, 2.24) is 9.47 Å². The first-order valence-electron chi connectivity index (χ1n) is 11.4. The van der Waals surface area contributed by atoms with Crippen LogP contribution in [0.3, 0.4) is 0 Å². The number of rotatable bonds is 5. The fourth-order valence-electron chi connectivity index (χ4n) is 5.22. The number of hydrogen-bond acceptors (Lipinski definition) is 5. The van der Waals surface area contributed by atoms with Crippen LogP contribution in [0, 0.1) is 0 Å². The Morgan fingerprint density at radius 1 is 1.22 bits per heavy atom. The number of nitrogens with zero attached hydrogens (tertiary/aromatic N) is 2. The molecule has 2 aromatic carbocycles. The molecule has 1 atom stereocenters. The second-order valence-corrected chi connectivity index (χ2v) is 8.54. The van der Waals surface area contributed by atoms with E-state index in [1.54, 1.807) is 7.11 Å². The molecule has 3 heterocycles. The first-order valence-corrected chi connectivity index (χ1v) is 11.4. The zero-order chi connectivity index (χ0) is 22.4. The molecule has 2 aliphatic rings. The van der Waals surface area contributed by atoms with Gasteiger partial charge in [-0.05, 0) is 55.7 Å². The number of esters is 1. The summed E-state index contributed by atoms with van der Waals surface area (Å²) < 4.78 is 19.6. The Balaban J connectivity index is 1.64. The topological polar surface area (TPSA) is 52.9 Å². The predicted molar refractivity (Wildman–Crippen MR) is 123 cm³/mol. The zero-order valence-corrected chi connectivity index (χ0v) is 19.2. The Morgan fingerprint density at radius 3 is 2.81 bits per heavy atom. The van der Waals surface area contributed by atoms with Gasteiger partial charge in [-0.3, -0.25) is 4.90 Å². The molecule has 3 aromatic rings. The van der Waals surface area contributed by atoms with Crippen molar-refractivity contribution in [3.63, 3.8) is 0 Å². The van der Waals surface area contributed by atoms with Crippen LogP contribution in [0.1, 0.15) is 59.2 Å². The minimum absolute atomic E-state index is 0.125. The van der Waals surface area contributed by atoms with Gasteiger partial charge in [-0.15, -0.1) is 0 Å². The van der Waals surface area contributed by atoms with Crippen molar-refractivity contribution in [2.24, 2.45) is 7.05 Å². The van der Waals surface area contributed by atoms with E-state index in [4.69, 9.17) is 14.2 Å². The molecule has 168 valence electrons. The molecule has 0 N–H and O–H groups in total. The number of aromatic nitrogens is 1. The minimum Gasteiger partial charge on any atom is -0.497 e. The molecule has 1 aromatic heterocycles. The van der Waals surface area contributed by atoms with Gasteiger partial charge in [-0.25, -0.2) is 4.79 Å². The normalized spacial score (nSPS) is 17.3. The Morgan fingerprint density at radius 2 is 2.06 bits per heavy atom. The van der Waals surface area contributed by atoms with Gasteiger partial charge in [-0.2, -0.15) is 0 Å². The van der Waals surface area contributed by atoms with Gasteiger partial charge in [0.25, 0.3) is 0 Å². The molecule has 0 amide bonds. The molecule has 0 radical (unpaired) electrons. The largest absolute Gasteiger partial charge is 0.497 e. The smallest absolute Gasteiger partial charge is 0.340 e. The number of benzene rings is 2. The number of carbonyl (C=O) groups is 1. The number of carbonyl (C=O) groups excluding carboxylic acids is 1. The van der Waals surface area contributed by atoms with E-state index in [-0.39, 0.29) is 12.2 Å². The number of methoxy groups -OCH3 is 1. The molecule has 2 aliphatic heterocycles. The van der Waals surface area contributed by atoms with Crippen LogP contribution in [0.5, 0.6) is 11.5 Å². The fraction of sp³-hybridized carbons (Fsp3) is 0.423. The van der Waals surface area contributed by atoms with Gasteiger partial charge in [0, 0.05) is 47.9 Å². The Kier molecular flexibility index (Phi) is 5.33. The lowest BCUT2D eigenvalue weighted by Gasteiger charge is -2.41. The first-order chi connectivity index (χ1) is 15.6. The molecule has 0 fully saturated rings. The maximum atomic E-state index is 13.1. The summed E-state index contributed by atoms with van der Waals surface area (Å²) >= 11 is 0. The summed E-state index contributed by atoms with van der Waals surface area (Å²) in [5.74, 6) is 1.48. The molecular formula is C26H30N2O4. The van der Waals surface area contributed by atoms with E-state index < -0.39 is 0 Å². The standard InChI is InChI=1S/C26H30N2O4/c1-5-7-20-24(26(29)31-6-2)23-19-15-28-13-12-16-14-17(30-4)8-9-18(16)25(28)32-22(19)11-10-21(23)27(20)3/h8-11,14,25H,5-7,12-13,15H2,1-4H3. The summed E-state index contributed by atoms with van der Waals surface area (Å²) in [6.07, 6.45) is 2.61. The van der Waals surface area contributed by atoms with E-state index >= 15 is 0 Å². The highest BCUT2D eigenvalue weighted by Gasteiger charge is 2.36. The van der Waals surface area contributed by atoms with Crippen LogP contribution < -0.4 is 9.47 Å². The third-order valence-corrected chi connectivity index (χ3v) is 6.74. The molecule has 0 saturated heterocycles. The molecule has 6 nitrogen and oxygen atoms in total. The number of hydrogen-bond donors (Lipinski definition) is 0. The summed E-state index contributed by atoms with van der Waals surface area (Å²) in [5, 5.41) is 0.978. The highest BCUT2D eigenvalue weighted by molar-refractivity contribution is 6.08. The van der Waals surface area contributed by atoms with E-state index in [2.05, 4.69) is 40.7 Å². The monoisotopic (exact) mass is 434 g/mol. The van der Waals surface area contributed by atoms with Gasteiger partial charge in [-0.1, -0.05) is 13.3 Å². The zero-order valence-electron chi connectivity index (χ0n) is 19.2. The van der Waals surface area contributed by atoms with Crippen LogP contribution >= 0.6 is 0 Å². The third kappa shape index (κ3) is 3.16. The summed E-state index contributed by atoms with van der Waals surface area (Å²) in [6.45, 7) is 5.98. The van der Waals surface area contributed by atoms with Crippen molar-refractivity contribution in [1.29, 1.82) is 0 Å². The van der Waals surface area contributed by atoms with Crippen molar-refractivity contribution in [2.45, 2.75) is 45.9 Å². The van der Waals surface area contributed by atoms with E-state index in [0.29, 0.717) is 12.2 Å². The summed E-state index contributed by atoms with van der Waals surface area (Å²) in [7, 11) is 3.74. The van der Waals surface area contributed by atoms with Gasteiger partial charge < -0.3 is 18.8 Å². The van der Waals surface area contributed by atoms with Crippen molar-refractivity contribution >= 4 is 16.9 Å². The van der Waals surface area contributed by atoms with E-state index in [9.17, 15) is 4.79 Å². The van der Waals surface area contributed by atoms with Crippen LogP contribution in [-0.4, -0.2) is 35.7 Å². The summed E-state index contributed by atoms with van der Waals surface area (Å²) in [5.41, 5.74) is 6.33. The molecule has 32 heavy (non-hydrogen) atoms. The Labute approximate surface area is 188 Å². The molecule has 0 saturated carbocycles. The van der Waals surface area contributed by atoms with E-state index in [0.717, 1.165) is 66.0 Å². The lowest BCUT2D eigenvalue weighted by atomic mass is 9.94. The van der Waals surface area contributed by atoms with Gasteiger partial charge >= 0.3 is 5.97 Å². The number of aryl methyl sites for hydroxylation is 1. The lowest BCUT2D eigenvalue weighted by molar-refractivity contribution is -0.00960. The first kappa shape index (κ1) is 20.9. The van der Waals surface area contributed by atoms with Crippen molar-refractivity contribution < 1.29 is 19.0 Å². The van der Waals surface area contributed by atoms with Crippen LogP contribution in [0.15, 0.2) is 30.3 Å². The number of fused-ring (bicyclic) bond motifs is 6. The molecular weight excluding hydrogens is 404 g/mol. The highest BCUT2D eigenvalue weighted by atomic mass is 16.5. The second-order valence-electron chi connectivity index (χ2n) is 8.54. The van der Waals surface area contributed by atoms with Crippen LogP contribution in [0.25, 0.3) is 10.9 Å². The van der Waals surface area contributed by atoms with E-state index in [1.165, 1.54) is 11.1 Å². The quantitative estimate of drug-likeness (QED) is 0.542. The van der Waals surface area contributed by atoms with Gasteiger partial charge in [0.1, 0.15) is 11.5 Å². The van der Waals surface area contributed by atoms with Crippen molar-refractivity contribution in [3.8, 4) is 11.5 Å². The predicted octanol–water partition coefficient (Wildman–Crippen LogP) is 4.77. The average molecular weight is 435 g/mol. The van der Waals surface area contributed by atoms with Crippen LogP contribution in [-0.2, 0) is 31.2 Å². The highest BCUT2D eigenvalue weighted by Crippen LogP contribution is 2.44. The fourth-order valence-corrected chi connectivity index (χ4v) is 5.22. The van der Waals surface area contributed by atoms with Crippen LogP contribution in [0.2, 0.25) is 0 Å². The van der Waals surface area contributed by atoms with Gasteiger partial charge in [0.2, 0.25) is 0 Å². The maximum Gasteiger partial charge on any atom is 0.340 e. The van der Waals surface area contributed by atoms with Crippen molar-refractivity contribution in [3.05, 3.63) is 58.3 Å². The average Bonchev–Trinajstić information content (AvgIpc) is 3.09. The maximum absolute atomic E-state index is 13.1. The summed E-state index contributed by atoms with van der Waals surface area (Å²) in [6, 6.07) is 10.3. The minimum atomic E-state index is -0.242. The second kappa shape index (κ2) is 8.17. The Bertz CT molecular complexity index is 1200. The SMILES string of the molecule is CCCc1c(C(=O)OCC)c2c3c(ccc2n1C)OC1c2ccc(OC)cc2CCN1C3. The van der Waals surface area contributed by atoms with Crippen LogP contribution in [0.4, 0.5) is 0 Å². The lowest BCUT2D eigenvalue weighted by Crippen LogP contribution is -2.40. The molecule has 0 spiro atoms. The molecule has 0 aliphatic carbocycles. The van der Waals surface area contributed by atoms with Crippen molar-refractivity contribution in [2.75, 3.05) is 20.3 Å². The third-order valence-electron chi connectivity index (χ3n) is 6.74. The molecule has 6 heteroatoms. The molecule has 0 bridgehead atoms. The molecule has 1 unspecified atom stereocenters.